The normalized spacial score (nSPS) is 11.7. The van der Waals surface area contributed by atoms with Crippen LogP contribution < -0.4 is 5.56 Å². The molecule has 8 heteroatoms. The molecule has 27 heavy (non-hydrogen) atoms. The van der Waals surface area contributed by atoms with Gasteiger partial charge in [-0.25, -0.2) is 17.2 Å². The molecule has 0 fully saturated rings. The fourth-order valence-electron chi connectivity index (χ4n) is 2.80. The Morgan fingerprint density at radius 2 is 1.74 bits per heavy atom. The molecule has 3 rings (SSSR count). The second-order valence-electron chi connectivity index (χ2n) is 6.17. The molecule has 0 amide bonds. The average Bonchev–Trinajstić information content (AvgIpc) is 3.04. The minimum atomic E-state index is -3.76. The second kappa shape index (κ2) is 7.36. The van der Waals surface area contributed by atoms with Gasteiger partial charge < -0.3 is 4.98 Å². The number of aromatic nitrogens is 1. The van der Waals surface area contributed by atoms with E-state index in [2.05, 4.69) is 4.98 Å². The van der Waals surface area contributed by atoms with Crippen LogP contribution in [0.25, 0.3) is 10.4 Å². The summed E-state index contributed by atoms with van der Waals surface area (Å²) in [6.07, 6.45) is 0.560. The number of thiophene rings is 1. The van der Waals surface area contributed by atoms with Crippen molar-refractivity contribution in [3.05, 3.63) is 75.2 Å². The Kier molecular flexibility index (Phi) is 5.30. The van der Waals surface area contributed by atoms with E-state index >= 15 is 0 Å². The fraction of sp³-hybridized carbons (Fsp3) is 0.211. The zero-order valence-electron chi connectivity index (χ0n) is 14.7. The van der Waals surface area contributed by atoms with Crippen LogP contribution in [0.1, 0.15) is 23.7 Å². The maximum absolute atomic E-state index is 13.3. The lowest BCUT2D eigenvalue weighted by atomic mass is 10.1. The molecule has 142 valence electrons. The predicted octanol–water partition coefficient (Wildman–Crippen LogP) is 4.23. The van der Waals surface area contributed by atoms with Crippen molar-refractivity contribution in [1.82, 2.24) is 4.98 Å². The fourth-order valence-corrected chi connectivity index (χ4v) is 5.59. The summed E-state index contributed by atoms with van der Waals surface area (Å²) < 4.78 is 52.0. The summed E-state index contributed by atoms with van der Waals surface area (Å²) >= 11 is 1.06. The third kappa shape index (κ3) is 4.17. The molecule has 0 radical (unpaired) electrons. The van der Waals surface area contributed by atoms with E-state index in [0.29, 0.717) is 28.6 Å². The van der Waals surface area contributed by atoms with E-state index in [1.807, 2.05) is 6.92 Å². The second-order valence-corrected chi connectivity index (χ2v) is 9.47. The van der Waals surface area contributed by atoms with Crippen molar-refractivity contribution >= 4 is 21.2 Å². The van der Waals surface area contributed by atoms with Crippen LogP contribution in [0.3, 0.4) is 0 Å². The molecule has 0 saturated heterocycles. The zero-order chi connectivity index (χ0) is 19.8. The monoisotopic (exact) mass is 409 g/mol. The predicted molar refractivity (Wildman–Crippen MR) is 102 cm³/mol. The summed E-state index contributed by atoms with van der Waals surface area (Å²) in [6, 6.07) is 7.62. The number of hydrogen-bond donors (Lipinski definition) is 1. The summed E-state index contributed by atoms with van der Waals surface area (Å²) in [6.45, 7) is 3.62. The first-order valence-electron chi connectivity index (χ1n) is 8.20. The zero-order valence-corrected chi connectivity index (χ0v) is 16.3. The topological polar surface area (TPSA) is 67.0 Å². The molecule has 0 aliphatic rings. The lowest BCUT2D eigenvalue weighted by molar-refractivity contribution is 0.579. The van der Waals surface area contributed by atoms with Crippen molar-refractivity contribution in [2.45, 2.75) is 30.2 Å². The van der Waals surface area contributed by atoms with Gasteiger partial charge in [-0.15, -0.1) is 11.3 Å². The molecule has 2 heterocycles. The van der Waals surface area contributed by atoms with E-state index in [1.54, 1.807) is 19.1 Å². The molecule has 0 aliphatic carbocycles. The van der Waals surface area contributed by atoms with Crippen LogP contribution in [0.4, 0.5) is 8.78 Å². The van der Waals surface area contributed by atoms with Crippen LogP contribution in [0.5, 0.6) is 0 Å². The maximum Gasteiger partial charge on any atom is 0.251 e. The Balaban J connectivity index is 1.96. The Bertz CT molecular complexity index is 1140. The number of aromatic amines is 1. The van der Waals surface area contributed by atoms with Gasteiger partial charge in [-0.2, -0.15) is 0 Å². The van der Waals surface area contributed by atoms with Gasteiger partial charge in [-0.3, -0.25) is 4.79 Å². The van der Waals surface area contributed by atoms with Gasteiger partial charge in [0.15, 0.2) is 9.84 Å². The summed E-state index contributed by atoms with van der Waals surface area (Å²) in [4.78, 5) is 15.3. The van der Waals surface area contributed by atoms with E-state index in [1.165, 1.54) is 6.07 Å². The Labute approximate surface area is 159 Å². The van der Waals surface area contributed by atoms with Crippen LogP contribution >= 0.6 is 11.3 Å². The van der Waals surface area contributed by atoms with Gasteiger partial charge in [-0.05, 0) is 49.2 Å². The number of hydrogen-bond acceptors (Lipinski definition) is 4. The van der Waals surface area contributed by atoms with Crippen LogP contribution in [0, 0.1) is 18.6 Å². The molecule has 1 aromatic carbocycles. The van der Waals surface area contributed by atoms with E-state index in [0.717, 1.165) is 29.0 Å². The molecule has 0 spiro atoms. The molecule has 3 aromatic rings. The highest BCUT2D eigenvalue weighted by Gasteiger charge is 2.20. The lowest BCUT2D eigenvalue weighted by Gasteiger charge is -2.06. The molecule has 0 saturated carbocycles. The van der Waals surface area contributed by atoms with Crippen LogP contribution in [0.15, 0.2) is 45.4 Å². The molecular weight excluding hydrogens is 392 g/mol. The number of benzene rings is 1. The highest BCUT2D eigenvalue weighted by molar-refractivity contribution is 7.92. The van der Waals surface area contributed by atoms with Gasteiger partial charge in [0.2, 0.25) is 0 Å². The molecule has 0 atom stereocenters. The van der Waals surface area contributed by atoms with Crippen molar-refractivity contribution < 1.29 is 17.2 Å². The van der Waals surface area contributed by atoms with E-state index in [4.69, 9.17) is 0 Å². The standard InChI is InChI=1S/C19H17F2NO3S2/c1-3-13-8-16(11(2)22-19(13)23)17-4-5-18(26-17)27(24,25)10-12-6-14(20)9-15(21)7-12/h4-9H,3,10H2,1-2H3,(H,22,23). The number of halogens is 2. The molecule has 4 nitrogen and oxygen atoms in total. The molecule has 0 aliphatic heterocycles. The van der Waals surface area contributed by atoms with E-state index in [9.17, 15) is 22.0 Å². The molecule has 0 unspecified atom stereocenters. The summed E-state index contributed by atoms with van der Waals surface area (Å²) in [5.41, 5.74) is 1.92. The first kappa shape index (κ1) is 19.4. The smallest absolute Gasteiger partial charge is 0.251 e. The highest BCUT2D eigenvalue weighted by atomic mass is 32.2. The van der Waals surface area contributed by atoms with Crippen LogP contribution in [-0.4, -0.2) is 13.4 Å². The van der Waals surface area contributed by atoms with Crippen LogP contribution in [-0.2, 0) is 22.0 Å². The van der Waals surface area contributed by atoms with Crippen LogP contribution in [0.2, 0.25) is 0 Å². The van der Waals surface area contributed by atoms with Crippen molar-refractivity contribution in [1.29, 1.82) is 0 Å². The molecule has 1 N–H and O–H groups in total. The quantitative estimate of drug-likeness (QED) is 0.686. The number of rotatable bonds is 5. The molecule has 2 aromatic heterocycles. The Morgan fingerprint density at radius 1 is 1.07 bits per heavy atom. The maximum atomic E-state index is 13.3. The van der Waals surface area contributed by atoms with Crippen molar-refractivity contribution in [3.63, 3.8) is 0 Å². The van der Waals surface area contributed by atoms with E-state index < -0.39 is 27.2 Å². The largest absolute Gasteiger partial charge is 0.326 e. The number of aryl methyl sites for hydroxylation is 2. The van der Waals surface area contributed by atoms with E-state index in [-0.39, 0.29) is 15.3 Å². The minimum Gasteiger partial charge on any atom is -0.326 e. The number of H-pyrrole nitrogens is 1. The van der Waals surface area contributed by atoms with Gasteiger partial charge >= 0.3 is 0 Å². The highest BCUT2D eigenvalue weighted by Crippen LogP contribution is 2.33. The third-order valence-electron chi connectivity index (χ3n) is 4.13. The Morgan fingerprint density at radius 3 is 2.37 bits per heavy atom. The number of pyridine rings is 1. The SMILES string of the molecule is CCc1cc(-c2ccc(S(=O)(=O)Cc3cc(F)cc(F)c3)s2)c(C)[nH]c1=O. The van der Waals surface area contributed by atoms with Gasteiger partial charge in [-0.1, -0.05) is 6.92 Å². The van der Waals surface area contributed by atoms with Gasteiger partial charge in [0.1, 0.15) is 15.8 Å². The van der Waals surface area contributed by atoms with Gasteiger partial charge in [0.25, 0.3) is 5.56 Å². The molecular formula is C19H17F2NO3S2. The van der Waals surface area contributed by atoms with Crippen molar-refractivity contribution in [2.75, 3.05) is 0 Å². The van der Waals surface area contributed by atoms with Crippen molar-refractivity contribution in [3.8, 4) is 10.4 Å². The number of sulfone groups is 1. The summed E-state index contributed by atoms with van der Waals surface area (Å²) in [5.74, 6) is -2.13. The first-order chi connectivity index (χ1) is 12.7. The average molecular weight is 409 g/mol. The lowest BCUT2D eigenvalue weighted by Crippen LogP contribution is -2.13. The number of nitrogens with one attached hydrogen (secondary N) is 1. The van der Waals surface area contributed by atoms with Gasteiger partial charge in [0.05, 0.1) is 5.75 Å². The minimum absolute atomic E-state index is 0.0518. The summed E-state index contributed by atoms with van der Waals surface area (Å²) in [5, 5.41) is 0. The van der Waals surface area contributed by atoms with Gasteiger partial charge in [0, 0.05) is 27.8 Å². The third-order valence-corrected chi connectivity index (χ3v) is 7.52. The van der Waals surface area contributed by atoms with Crippen molar-refractivity contribution in [2.24, 2.45) is 0 Å². The molecule has 0 bridgehead atoms. The first-order valence-corrected chi connectivity index (χ1v) is 10.7. The Hall–Kier alpha value is -2.32. The summed E-state index contributed by atoms with van der Waals surface area (Å²) in [7, 11) is -3.76.